The highest BCUT2D eigenvalue weighted by Crippen LogP contribution is 2.27. The zero-order chi connectivity index (χ0) is 21.5. The lowest BCUT2D eigenvalue weighted by molar-refractivity contribution is 0.0918. The molecule has 1 aromatic heterocycles. The molecule has 0 aliphatic rings. The molecule has 3 aromatic rings. The van der Waals surface area contributed by atoms with Crippen molar-refractivity contribution >= 4 is 5.78 Å². The summed E-state index contributed by atoms with van der Waals surface area (Å²) in [7, 11) is 1.67. The second kappa shape index (κ2) is 10.0. The standard InChI is InChI=1S/C25H29NO4/c1-5-29-24-8-6-7-9-25(24)30-17-23(27)22-16-18(2)26(19(22)3)15-14-20-10-12-21(28-4)13-11-20/h6-13,16H,5,14-15,17H2,1-4H3. The molecule has 0 atom stereocenters. The van der Waals surface area contributed by atoms with Gasteiger partial charge in [-0.25, -0.2) is 0 Å². The number of benzene rings is 2. The van der Waals surface area contributed by atoms with Gasteiger partial charge in [0.15, 0.2) is 18.1 Å². The third-order valence-corrected chi connectivity index (χ3v) is 5.16. The van der Waals surface area contributed by atoms with E-state index in [2.05, 4.69) is 16.7 Å². The van der Waals surface area contributed by atoms with Crippen molar-refractivity contribution in [2.75, 3.05) is 20.3 Å². The van der Waals surface area contributed by atoms with Gasteiger partial charge in [-0.05, 0) is 63.1 Å². The van der Waals surface area contributed by atoms with E-state index in [9.17, 15) is 4.79 Å². The minimum atomic E-state index is -0.0369. The second-order valence-electron chi connectivity index (χ2n) is 7.13. The van der Waals surface area contributed by atoms with Crippen LogP contribution in [0.5, 0.6) is 17.2 Å². The van der Waals surface area contributed by atoms with Gasteiger partial charge in [0.05, 0.1) is 13.7 Å². The Kier molecular flexibility index (Phi) is 7.17. The maximum atomic E-state index is 12.8. The first kappa shape index (κ1) is 21.5. The molecule has 0 N–H and O–H groups in total. The summed E-state index contributed by atoms with van der Waals surface area (Å²) in [6.45, 7) is 7.27. The summed E-state index contributed by atoms with van der Waals surface area (Å²) >= 11 is 0. The number of aryl methyl sites for hydroxylation is 2. The third kappa shape index (κ3) is 5.03. The van der Waals surface area contributed by atoms with E-state index in [1.807, 2.05) is 63.2 Å². The Bertz CT molecular complexity index is 989. The highest BCUT2D eigenvalue weighted by molar-refractivity contribution is 5.98. The van der Waals surface area contributed by atoms with Crippen LogP contribution in [0, 0.1) is 13.8 Å². The van der Waals surface area contributed by atoms with Crippen LogP contribution in [0.1, 0.15) is 34.2 Å². The number of carbonyl (C=O) groups is 1. The molecule has 1 heterocycles. The molecule has 5 nitrogen and oxygen atoms in total. The van der Waals surface area contributed by atoms with Gasteiger partial charge in [-0.3, -0.25) is 4.79 Å². The molecule has 0 fully saturated rings. The molecule has 5 heteroatoms. The van der Waals surface area contributed by atoms with Crippen LogP contribution >= 0.6 is 0 Å². The van der Waals surface area contributed by atoms with Crippen molar-refractivity contribution in [2.45, 2.75) is 33.7 Å². The predicted octanol–water partition coefficient (Wildman–Crippen LogP) is 5.02. The van der Waals surface area contributed by atoms with E-state index >= 15 is 0 Å². The van der Waals surface area contributed by atoms with Crippen LogP contribution in [0.15, 0.2) is 54.6 Å². The summed E-state index contributed by atoms with van der Waals surface area (Å²) < 4.78 is 18.7. The Morgan fingerprint density at radius 1 is 0.967 bits per heavy atom. The molecule has 3 rings (SSSR count). The molecule has 0 spiro atoms. The number of nitrogens with zero attached hydrogens (tertiary/aromatic N) is 1. The van der Waals surface area contributed by atoms with Crippen LogP contribution in [0.2, 0.25) is 0 Å². The number of hydrogen-bond acceptors (Lipinski definition) is 4. The molecule has 0 aliphatic carbocycles. The Morgan fingerprint density at radius 2 is 1.63 bits per heavy atom. The first-order valence-corrected chi connectivity index (χ1v) is 10.2. The zero-order valence-electron chi connectivity index (χ0n) is 18.1. The molecular formula is C25H29NO4. The predicted molar refractivity (Wildman–Crippen MR) is 118 cm³/mol. The van der Waals surface area contributed by atoms with Crippen molar-refractivity contribution in [3.8, 4) is 17.2 Å². The van der Waals surface area contributed by atoms with Gasteiger partial charge >= 0.3 is 0 Å². The second-order valence-corrected chi connectivity index (χ2v) is 7.13. The van der Waals surface area contributed by atoms with Gasteiger partial charge in [0.25, 0.3) is 0 Å². The fourth-order valence-corrected chi connectivity index (χ4v) is 3.53. The average molecular weight is 408 g/mol. The SMILES string of the molecule is CCOc1ccccc1OCC(=O)c1cc(C)n(CCc2ccc(OC)cc2)c1C. The van der Waals surface area contributed by atoms with Crippen molar-refractivity contribution in [3.05, 3.63) is 77.1 Å². The molecule has 0 bridgehead atoms. The van der Waals surface area contributed by atoms with E-state index in [-0.39, 0.29) is 12.4 Å². The number of para-hydroxylation sites is 2. The fourth-order valence-electron chi connectivity index (χ4n) is 3.53. The number of ketones is 1. The number of rotatable bonds is 10. The molecule has 2 aromatic carbocycles. The van der Waals surface area contributed by atoms with E-state index in [0.29, 0.717) is 23.7 Å². The molecular weight excluding hydrogens is 378 g/mol. The highest BCUT2D eigenvalue weighted by Gasteiger charge is 2.17. The van der Waals surface area contributed by atoms with Gasteiger partial charge in [-0.2, -0.15) is 0 Å². The van der Waals surface area contributed by atoms with Crippen LogP contribution in [0.4, 0.5) is 0 Å². The summed E-state index contributed by atoms with van der Waals surface area (Å²) in [6.07, 6.45) is 0.881. The van der Waals surface area contributed by atoms with E-state index in [1.165, 1.54) is 5.56 Å². The monoisotopic (exact) mass is 407 g/mol. The van der Waals surface area contributed by atoms with Gasteiger partial charge in [0.2, 0.25) is 5.78 Å². The molecule has 0 radical (unpaired) electrons. The molecule has 0 saturated heterocycles. The van der Waals surface area contributed by atoms with Crippen molar-refractivity contribution < 1.29 is 19.0 Å². The quantitative estimate of drug-likeness (QED) is 0.443. The first-order chi connectivity index (χ1) is 14.5. The van der Waals surface area contributed by atoms with Crippen LogP contribution in [-0.4, -0.2) is 30.7 Å². The number of methoxy groups -OCH3 is 1. The average Bonchev–Trinajstić information content (AvgIpc) is 3.05. The normalized spacial score (nSPS) is 10.7. The largest absolute Gasteiger partial charge is 0.497 e. The van der Waals surface area contributed by atoms with E-state index in [4.69, 9.17) is 14.2 Å². The molecule has 0 aliphatic heterocycles. The van der Waals surface area contributed by atoms with E-state index < -0.39 is 0 Å². The van der Waals surface area contributed by atoms with Gasteiger partial charge in [0.1, 0.15) is 5.75 Å². The molecule has 158 valence electrons. The molecule has 30 heavy (non-hydrogen) atoms. The first-order valence-electron chi connectivity index (χ1n) is 10.2. The maximum Gasteiger partial charge on any atom is 0.202 e. The van der Waals surface area contributed by atoms with Crippen LogP contribution < -0.4 is 14.2 Å². The van der Waals surface area contributed by atoms with Crippen molar-refractivity contribution in [3.63, 3.8) is 0 Å². The summed E-state index contributed by atoms with van der Waals surface area (Å²) in [5.74, 6) is 2.05. The van der Waals surface area contributed by atoms with E-state index in [1.54, 1.807) is 7.11 Å². The summed E-state index contributed by atoms with van der Waals surface area (Å²) in [5, 5.41) is 0. The molecule has 0 amide bonds. The van der Waals surface area contributed by atoms with Crippen LogP contribution in [0.25, 0.3) is 0 Å². The van der Waals surface area contributed by atoms with Crippen LogP contribution in [-0.2, 0) is 13.0 Å². The summed E-state index contributed by atoms with van der Waals surface area (Å²) in [6, 6.07) is 17.4. The number of carbonyl (C=O) groups excluding carboxylic acids is 1. The van der Waals surface area contributed by atoms with Gasteiger partial charge in [-0.1, -0.05) is 24.3 Å². The lowest BCUT2D eigenvalue weighted by atomic mass is 10.1. The Hall–Kier alpha value is -3.21. The number of aromatic nitrogens is 1. The lowest BCUT2D eigenvalue weighted by Gasteiger charge is -2.12. The third-order valence-electron chi connectivity index (χ3n) is 5.16. The van der Waals surface area contributed by atoms with Crippen molar-refractivity contribution in [2.24, 2.45) is 0 Å². The van der Waals surface area contributed by atoms with Crippen molar-refractivity contribution in [1.29, 1.82) is 0 Å². The summed E-state index contributed by atoms with van der Waals surface area (Å²) in [4.78, 5) is 12.8. The Morgan fingerprint density at radius 3 is 2.27 bits per heavy atom. The molecule has 0 saturated carbocycles. The highest BCUT2D eigenvalue weighted by atomic mass is 16.5. The van der Waals surface area contributed by atoms with Gasteiger partial charge < -0.3 is 18.8 Å². The minimum Gasteiger partial charge on any atom is -0.497 e. The van der Waals surface area contributed by atoms with Crippen LogP contribution in [0.3, 0.4) is 0 Å². The summed E-state index contributed by atoms with van der Waals surface area (Å²) in [5.41, 5.74) is 3.97. The smallest absolute Gasteiger partial charge is 0.202 e. The molecule has 0 unspecified atom stereocenters. The number of Topliss-reactive ketones (excluding diaryl/α,β-unsaturated/α-hetero) is 1. The fraction of sp³-hybridized carbons (Fsp3) is 0.320. The number of hydrogen-bond donors (Lipinski definition) is 0. The number of ether oxygens (including phenoxy) is 3. The maximum absolute atomic E-state index is 12.8. The Balaban J connectivity index is 1.66. The topological polar surface area (TPSA) is 49.7 Å². The van der Waals surface area contributed by atoms with Gasteiger partial charge in [-0.15, -0.1) is 0 Å². The van der Waals surface area contributed by atoms with Gasteiger partial charge in [0, 0.05) is 23.5 Å². The minimum absolute atomic E-state index is 0.0210. The van der Waals surface area contributed by atoms with Crippen molar-refractivity contribution in [1.82, 2.24) is 4.57 Å². The Labute approximate surface area is 178 Å². The lowest BCUT2D eigenvalue weighted by Crippen LogP contribution is -2.14. The zero-order valence-corrected chi connectivity index (χ0v) is 18.1. The van der Waals surface area contributed by atoms with E-state index in [0.717, 1.165) is 30.1 Å².